The first-order valence-electron chi connectivity index (χ1n) is 6.63. The Kier molecular flexibility index (Phi) is 3.61. The van der Waals surface area contributed by atoms with Crippen LogP contribution in [0.2, 0.25) is 5.02 Å². The Bertz CT molecular complexity index is 878. The number of fused-ring (bicyclic) bond motifs is 1. The van der Waals surface area contributed by atoms with Crippen LogP contribution >= 0.6 is 11.6 Å². The van der Waals surface area contributed by atoms with Crippen molar-refractivity contribution in [1.82, 2.24) is 0 Å². The van der Waals surface area contributed by atoms with Gasteiger partial charge in [0, 0.05) is 10.4 Å². The van der Waals surface area contributed by atoms with E-state index in [9.17, 15) is 9.90 Å². The highest BCUT2D eigenvalue weighted by molar-refractivity contribution is 6.31. The molecule has 0 aliphatic carbocycles. The molecule has 4 N–H and O–H groups in total. The fraction of sp³-hybridized carbons (Fsp3) is 0. The van der Waals surface area contributed by atoms with Crippen molar-refractivity contribution in [3.8, 4) is 5.75 Å². The van der Waals surface area contributed by atoms with Gasteiger partial charge in [0.05, 0.1) is 16.9 Å². The zero-order valence-corrected chi connectivity index (χ0v) is 12.3. The van der Waals surface area contributed by atoms with Gasteiger partial charge < -0.3 is 16.2 Å². The minimum absolute atomic E-state index is 0.0527. The standard InChI is InChI=1S/C17H13ClN2O2/c18-11-6-8-15(14(19)9-11)20-17(22)13-7-5-10-3-1-2-4-12(10)16(13)21/h1-9,21H,19H2,(H,20,22). The van der Waals surface area contributed by atoms with Crippen LogP contribution in [0.5, 0.6) is 5.75 Å². The highest BCUT2D eigenvalue weighted by atomic mass is 35.5. The predicted octanol–water partition coefficient (Wildman–Crippen LogP) is 4.03. The summed E-state index contributed by atoms with van der Waals surface area (Å²) in [5.41, 5.74) is 6.81. The van der Waals surface area contributed by atoms with Gasteiger partial charge in [-0.3, -0.25) is 4.79 Å². The molecule has 0 radical (unpaired) electrons. The molecule has 0 saturated carbocycles. The lowest BCUT2D eigenvalue weighted by Crippen LogP contribution is -2.13. The molecule has 1 amide bonds. The summed E-state index contributed by atoms with van der Waals surface area (Å²) >= 11 is 5.83. The van der Waals surface area contributed by atoms with Crippen molar-refractivity contribution in [3.05, 3.63) is 65.2 Å². The van der Waals surface area contributed by atoms with Gasteiger partial charge in [-0.25, -0.2) is 0 Å². The topological polar surface area (TPSA) is 75.3 Å². The molecule has 0 aliphatic heterocycles. The number of phenolic OH excluding ortho intramolecular Hbond substituents is 1. The summed E-state index contributed by atoms with van der Waals surface area (Å²) in [6.07, 6.45) is 0. The van der Waals surface area contributed by atoms with E-state index >= 15 is 0 Å². The first-order chi connectivity index (χ1) is 10.6. The summed E-state index contributed by atoms with van der Waals surface area (Å²) in [7, 11) is 0. The van der Waals surface area contributed by atoms with Gasteiger partial charge >= 0.3 is 0 Å². The smallest absolute Gasteiger partial charge is 0.259 e. The van der Waals surface area contributed by atoms with Crippen LogP contribution in [-0.2, 0) is 0 Å². The Morgan fingerprint density at radius 2 is 1.86 bits per heavy atom. The maximum absolute atomic E-state index is 12.4. The number of carbonyl (C=O) groups is 1. The molecule has 0 bridgehead atoms. The van der Waals surface area contributed by atoms with E-state index in [0.29, 0.717) is 21.8 Å². The van der Waals surface area contributed by atoms with Gasteiger partial charge in [-0.1, -0.05) is 41.9 Å². The number of nitrogens with two attached hydrogens (primary N) is 1. The fourth-order valence-electron chi connectivity index (χ4n) is 2.28. The van der Waals surface area contributed by atoms with Crippen molar-refractivity contribution in [2.24, 2.45) is 0 Å². The van der Waals surface area contributed by atoms with Crippen molar-refractivity contribution in [2.75, 3.05) is 11.1 Å². The Hall–Kier alpha value is -2.72. The number of hydrogen-bond donors (Lipinski definition) is 3. The third kappa shape index (κ3) is 2.56. The molecule has 0 fully saturated rings. The van der Waals surface area contributed by atoms with Gasteiger partial charge in [0.2, 0.25) is 0 Å². The minimum Gasteiger partial charge on any atom is -0.506 e. The molecule has 22 heavy (non-hydrogen) atoms. The number of amides is 1. The van der Waals surface area contributed by atoms with Crippen LogP contribution < -0.4 is 11.1 Å². The van der Waals surface area contributed by atoms with E-state index in [1.807, 2.05) is 12.1 Å². The molecule has 0 atom stereocenters. The molecule has 0 aliphatic rings. The first-order valence-corrected chi connectivity index (χ1v) is 7.01. The molecule has 3 aromatic rings. The molecule has 0 spiro atoms. The molecule has 5 heteroatoms. The maximum Gasteiger partial charge on any atom is 0.259 e. The Morgan fingerprint density at radius 1 is 1.09 bits per heavy atom. The van der Waals surface area contributed by atoms with E-state index in [1.54, 1.807) is 42.5 Å². The lowest BCUT2D eigenvalue weighted by molar-refractivity contribution is 0.102. The van der Waals surface area contributed by atoms with Gasteiger partial charge in [-0.05, 0) is 29.7 Å². The van der Waals surface area contributed by atoms with Gasteiger partial charge in [0.25, 0.3) is 5.91 Å². The molecule has 0 unspecified atom stereocenters. The lowest BCUT2D eigenvalue weighted by atomic mass is 10.0. The molecule has 0 saturated heterocycles. The highest BCUT2D eigenvalue weighted by Crippen LogP contribution is 2.30. The third-order valence-corrected chi connectivity index (χ3v) is 3.64. The number of nitrogen functional groups attached to an aromatic ring is 1. The Labute approximate surface area is 132 Å². The summed E-state index contributed by atoms with van der Waals surface area (Å²) in [5, 5.41) is 15.0. The zero-order valence-electron chi connectivity index (χ0n) is 11.5. The zero-order chi connectivity index (χ0) is 15.7. The van der Waals surface area contributed by atoms with E-state index in [-0.39, 0.29) is 11.3 Å². The second-order valence-electron chi connectivity index (χ2n) is 4.87. The van der Waals surface area contributed by atoms with E-state index in [0.717, 1.165) is 5.39 Å². The second-order valence-corrected chi connectivity index (χ2v) is 5.30. The summed E-state index contributed by atoms with van der Waals surface area (Å²) in [6.45, 7) is 0. The number of benzene rings is 3. The molecule has 3 aromatic carbocycles. The van der Waals surface area contributed by atoms with Crippen molar-refractivity contribution in [1.29, 1.82) is 0 Å². The first kappa shape index (κ1) is 14.2. The summed E-state index contributed by atoms with van der Waals surface area (Å²) in [5.74, 6) is -0.486. The summed E-state index contributed by atoms with van der Waals surface area (Å²) in [6, 6.07) is 15.5. The number of carbonyl (C=O) groups excluding carboxylic acids is 1. The number of rotatable bonds is 2. The molecule has 3 rings (SSSR count). The lowest BCUT2D eigenvalue weighted by Gasteiger charge is -2.11. The van der Waals surface area contributed by atoms with Crippen LogP contribution in [0.4, 0.5) is 11.4 Å². The molecule has 4 nitrogen and oxygen atoms in total. The van der Waals surface area contributed by atoms with Gasteiger partial charge in [0.1, 0.15) is 5.75 Å². The molecule has 110 valence electrons. The monoisotopic (exact) mass is 312 g/mol. The van der Waals surface area contributed by atoms with Crippen LogP contribution in [0, 0.1) is 0 Å². The average Bonchev–Trinajstić information content (AvgIpc) is 2.50. The average molecular weight is 313 g/mol. The van der Waals surface area contributed by atoms with Crippen LogP contribution in [0.15, 0.2) is 54.6 Å². The second kappa shape index (κ2) is 5.58. The Morgan fingerprint density at radius 3 is 2.64 bits per heavy atom. The number of anilines is 2. The van der Waals surface area contributed by atoms with Crippen molar-refractivity contribution in [2.45, 2.75) is 0 Å². The van der Waals surface area contributed by atoms with Crippen LogP contribution in [0.25, 0.3) is 10.8 Å². The highest BCUT2D eigenvalue weighted by Gasteiger charge is 2.14. The SMILES string of the molecule is Nc1cc(Cl)ccc1NC(=O)c1ccc2ccccc2c1O. The summed E-state index contributed by atoms with van der Waals surface area (Å²) < 4.78 is 0. The number of aromatic hydroxyl groups is 1. The van der Waals surface area contributed by atoms with Crippen molar-refractivity contribution in [3.63, 3.8) is 0 Å². The summed E-state index contributed by atoms with van der Waals surface area (Å²) in [4.78, 5) is 12.4. The predicted molar refractivity (Wildman–Crippen MR) is 89.4 cm³/mol. The fourth-order valence-corrected chi connectivity index (χ4v) is 2.46. The largest absolute Gasteiger partial charge is 0.506 e. The molecule has 0 aromatic heterocycles. The maximum atomic E-state index is 12.4. The number of nitrogens with one attached hydrogen (secondary N) is 1. The van der Waals surface area contributed by atoms with Crippen molar-refractivity contribution >= 4 is 39.7 Å². The van der Waals surface area contributed by atoms with E-state index in [4.69, 9.17) is 17.3 Å². The van der Waals surface area contributed by atoms with Gasteiger partial charge in [-0.15, -0.1) is 0 Å². The normalized spacial score (nSPS) is 10.6. The van der Waals surface area contributed by atoms with E-state index in [1.165, 1.54) is 0 Å². The van der Waals surface area contributed by atoms with Crippen molar-refractivity contribution < 1.29 is 9.90 Å². The number of halogens is 1. The van der Waals surface area contributed by atoms with Crippen LogP contribution in [0.3, 0.4) is 0 Å². The quantitative estimate of drug-likeness (QED) is 0.625. The Balaban J connectivity index is 1.97. The third-order valence-electron chi connectivity index (χ3n) is 3.41. The number of hydrogen-bond acceptors (Lipinski definition) is 3. The molecular formula is C17H13ClN2O2. The van der Waals surface area contributed by atoms with E-state index < -0.39 is 5.91 Å². The van der Waals surface area contributed by atoms with Crippen LogP contribution in [-0.4, -0.2) is 11.0 Å². The van der Waals surface area contributed by atoms with Crippen LogP contribution in [0.1, 0.15) is 10.4 Å². The molecular weight excluding hydrogens is 300 g/mol. The van der Waals surface area contributed by atoms with Gasteiger partial charge in [0.15, 0.2) is 0 Å². The number of phenols is 1. The minimum atomic E-state index is -0.433. The van der Waals surface area contributed by atoms with E-state index in [2.05, 4.69) is 5.32 Å². The molecule has 0 heterocycles. The van der Waals surface area contributed by atoms with Gasteiger partial charge in [-0.2, -0.15) is 0 Å².